The second-order valence-corrected chi connectivity index (χ2v) is 8.54. The van der Waals surface area contributed by atoms with E-state index in [2.05, 4.69) is 67.2 Å². The third-order valence-corrected chi connectivity index (χ3v) is 6.49. The number of benzene rings is 5. The SMILES string of the molecule is C=CCP(Oc1cccc2ccccc12)Oc1cccc2cc3ccccc3cc12. The Labute approximate surface area is 177 Å². The molecule has 0 aromatic heterocycles. The first-order chi connectivity index (χ1) is 14.8. The van der Waals surface area contributed by atoms with Crippen molar-refractivity contribution >= 4 is 40.7 Å². The van der Waals surface area contributed by atoms with Gasteiger partial charge in [0.25, 0.3) is 8.38 Å². The van der Waals surface area contributed by atoms with Crippen LogP contribution in [0.2, 0.25) is 0 Å². The number of hydrogen-bond donors (Lipinski definition) is 0. The lowest BCUT2D eigenvalue weighted by molar-refractivity contribution is 0.499. The van der Waals surface area contributed by atoms with Gasteiger partial charge in [-0.25, -0.2) is 0 Å². The molecule has 0 amide bonds. The van der Waals surface area contributed by atoms with Gasteiger partial charge in [0.15, 0.2) is 0 Å². The summed E-state index contributed by atoms with van der Waals surface area (Å²) in [7, 11) is -1.22. The van der Waals surface area contributed by atoms with E-state index in [1.165, 1.54) is 10.8 Å². The maximum Gasteiger partial charge on any atom is 0.294 e. The largest absolute Gasteiger partial charge is 0.438 e. The molecular weight excluding hydrogens is 387 g/mol. The molecule has 5 aromatic rings. The van der Waals surface area contributed by atoms with E-state index < -0.39 is 8.38 Å². The Morgan fingerprint density at radius 2 is 1.17 bits per heavy atom. The van der Waals surface area contributed by atoms with Crippen molar-refractivity contribution in [3.63, 3.8) is 0 Å². The van der Waals surface area contributed by atoms with Crippen molar-refractivity contribution in [1.29, 1.82) is 0 Å². The van der Waals surface area contributed by atoms with Gasteiger partial charge in [-0.3, -0.25) is 0 Å². The molecule has 1 unspecified atom stereocenters. The van der Waals surface area contributed by atoms with Crippen LogP contribution in [-0.4, -0.2) is 6.16 Å². The van der Waals surface area contributed by atoms with Gasteiger partial charge in [0.2, 0.25) is 0 Å². The van der Waals surface area contributed by atoms with E-state index in [9.17, 15) is 0 Å². The van der Waals surface area contributed by atoms with E-state index in [-0.39, 0.29) is 0 Å². The number of rotatable bonds is 6. The highest BCUT2D eigenvalue weighted by Gasteiger charge is 2.16. The first-order valence-corrected chi connectivity index (χ1v) is 11.3. The van der Waals surface area contributed by atoms with Gasteiger partial charge in [-0.1, -0.05) is 78.9 Å². The molecule has 0 radical (unpaired) electrons. The zero-order valence-corrected chi connectivity index (χ0v) is 17.4. The van der Waals surface area contributed by atoms with Crippen LogP contribution in [0.3, 0.4) is 0 Å². The molecule has 0 aliphatic rings. The molecule has 5 aromatic carbocycles. The van der Waals surface area contributed by atoms with Crippen molar-refractivity contribution < 1.29 is 9.05 Å². The molecular formula is C27H21O2P. The number of allylic oxidation sites excluding steroid dienone is 1. The molecule has 0 spiro atoms. The predicted octanol–water partition coefficient (Wildman–Crippen LogP) is 8.10. The first-order valence-electron chi connectivity index (χ1n) is 9.95. The summed E-state index contributed by atoms with van der Waals surface area (Å²) >= 11 is 0. The normalized spacial score (nSPS) is 12.1. The van der Waals surface area contributed by atoms with Crippen molar-refractivity contribution in [3.05, 3.63) is 110 Å². The minimum Gasteiger partial charge on any atom is -0.438 e. The molecule has 0 saturated carbocycles. The van der Waals surface area contributed by atoms with Crippen LogP contribution < -0.4 is 9.05 Å². The average molecular weight is 408 g/mol. The van der Waals surface area contributed by atoms with Crippen LogP contribution in [-0.2, 0) is 0 Å². The molecule has 5 rings (SSSR count). The Kier molecular flexibility index (Phi) is 5.09. The molecule has 0 N–H and O–H groups in total. The minimum atomic E-state index is -1.22. The standard InChI is InChI=1S/C27H21O2P/c1-2-17-30(28-26-15-7-12-20-9-5-6-14-24(20)26)29-27-16-8-13-23-18-21-10-3-4-11-22(21)19-25(23)27/h2-16,18-19H,1,17H2. The van der Waals surface area contributed by atoms with Crippen molar-refractivity contribution in [2.24, 2.45) is 0 Å². The topological polar surface area (TPSA) is 18.5 Å². The average Bonchev–Trinajstić information content (AvgIpc) is 2.78. The van der Waals surface area contributed by atoms with Crippen molar-refractivity contribution in [3.8, 4) is 11.5 Å². The van der Waals surface area contributed by atoms with Crippen LogP contribution >= 0.6 is 8.38 Å². The van der Waals surface area contributed by atoms with Gasteiger partial charge in [-0.2, -0.15) is 0 Å². The summed E-state index contributed by atoms with van der Waals surface area (Å²) in [6, 6.07) is 33.3. The maximum absolute atomic E-state index is 6.44. The van der Waals surface area contributed by atoms with Crippen molar-refractivity contribution in [1.82, 2.24) is 0 Å². The molecule has 1 atom stereocenters. The summed E-state index contributed by atoms with van der Waals surface area (Å²) in [5.41, 5.74) is 0. The highest BCUT2D eigenvalue weighted by molar-refractivity contribution is 7.48. The summed E-state index contributed by atoms with van der Waals surface area (Å²) in [6.45, 7) is 3.91. The Bertz CT molecular complexity index is 1350. The van der Waals surface area contributed by atoms with Gasteiger partial charge >= 0.3 is 0 Å². The Hall–Kier alpha value is -3.35. The molecule has 30 heavy (non-hydrogen) atoms. The Balaban J connectivity index is 1.52. The predicted molar refractivity (Wildman–Crippen MR) is 129 cm³/mol. The zero-order valence-electron chi connectivity index (χ0n) is 16.5. The summed E-state index contributed by atoms with van der Waals surface area (Å²) in [5.74, 6) is 1.68. The van der Waals surface area contributed by atoms with E-state index >= 15 is 0 Å². The molecule has 3 heteroatoms. The van der Waals surface area contributed by atoms with E-state index in [0.29, 0.717) is 6.16 Å². The fraction of sp³-hybridized carbons (Fsp3) is 0.0370. The van der Waals surface area contributed by atoms with Gasteiger partial charge in [0.1, 0.15) is 11.5 Å². The summed E-state index contributed by atoms with van der Waals surface area (Å²) in [4.78, 5) is 0. The number of hydrogen-bond acceptors (Lipinski definition) is 2. The smallest absolute Gasteiger partial charge is 0.294 e. The second-order valence-electron chi connectivity index (χ2n) is 7.14. The molecule has 0 bridgehead atoms. The first kappa shape index (κ1) is 18.7. The van der Waals surface area contributed by atoms with Crippen LogP contribution in [0.4, 0.5) is 0 Å². The lowest BCUT2D eigenvalue weighted by Crippen LogP contribution is -1.99. The van der Waals surface area contributed by atoms with Crippen LogP contribution in [0.1, 0.15) is 0 Å². The molecule has 0 fully saturated rings. The Morgan fingerprint density at radius 3 is 1.90 bits per heavy atom. The van der Waals surface area contributed by atoms with Crippen molar-refractivity contribution in [2.75, 3.05) is 6.16 Å². The third-order valence-electron chi connectivity index (χ3n) is 5.13. The summed E-state index contributed by atoms with van der Waals surface area (Å²) < 4.78 is 12.8. The van der Waals surface area contributed by atoms with E-state index in [4.69, 9.17) is 9.05 Å². The fourth-order valence-corrected chi connectivity index (χ4v) is 4.87. The maximum atomic E-state index is 6.44. The van der Waals surface area contributed by atoms with E-state index in [1.807, 2.05) is 42.5 Å². The van der Waals surface area contributed by atoms with Crippen LogP contribution in [0, 0.1) is 0 Å². The highest BCUT2D eigenvalue weighted by Crippen LogP contribution is 2.44. The molecule has 146 valence electrons. The summed E-state index contributed by atoms with van der Waals surface area (Å²) in [5, 5.41) is 6.91. The minimum absolute atomic E-state index is 0.641. The number of fused-ring (bicyclic) bond motifs is 3. The molecule has 2 nitrogen and oxygen atoms in total. The second kappa shape index (κ2) is 8.18. The summed E-state index contributed by atoms with van der Waals surface area (Å²) in [6.07, 6.45) is 2.50. The lowest BCUT2D eigenvalue weighted by atomic mass is 10.0. The quantitative estimate of drug-likeness (QED) is 0.160. The van der Waals surface area contributed by atoms with Crippen LogP contribution in [0.5, 0.6) is 11.5 Å². The van der Waals surface area contributed by atoms with Gasteiger partial charge in [-0.15, -0.1) is 6.58 Å². The molecule has 0 saturated heterocycles. The fourth-order valence-electron chi connectivity index (χ4n) is 3.71. The van der Waals surface area contributed by atoms with Crippen molar-refractivity contribution in [2.45, 2.75) is 0 Å². The van der Waals surface area contributed by atoms with Gasteiger partial charge in [-0.05, 0) is 45.8 Å². The lowest BCUT2D eigenvalue weighted by Gasteiger charge is -2.20. The monoisotopic (exact) mass is 408 g/mol. The Morgan fingerprint density at radius 1 is 0.600 bits per heavy atom. The molecule has 0 aliphatic heterocycles. The van der Waals surface area contributed by atoms with E-state index in [1.54, 1.807) is 0 Å². The van der Waals surface area contributed by atoms with Crippen LogP contribution in [0.25, 0.3) is 32.3 Å². The molecule has 0 aliphatic carbocycles. The molecule has 0 heterocycles. The third kappa shape index (κ3) is 3.63. The highest BCUT2D eigenvalue weighted by atomic mass is 31.2. The van der Waals surface area contributed by atoms with Gasteiger partial charge in [0.05, 0.1) is 6.16 Å². The van der Waals surface area contributed by atoms with Gasteiger partial charge < -0.3 is 9.05 Å². The zero-order chi connectivity index (χ0) is 20.3. The van der Waals surface area contributed by atoms with E-state index in [0.717, 1.165) is 33.0 Å². The van der Waals surface area contributed by atoms with Crippen LogP contribution in [0.15, 0.2) is 110 Å². The van der Waals surface area contributed by atoms with Gasteiger partial charge in [0, 0.05) is 10.8 Å².